The molecule has 1 saturated heterocycles. The van der Waals surface area contributed by atoms with Crippen LogP contribution in [0.25, 0.3) is 0 Å². The van der Waals surface area contributed by atoms with Crippen molar-refractivity contribution in [3.8, 4) is 5.75 Å². The zero-order valence-corrected chi connectivity index (χ0v) is 11.8. The maximum atomic E-state index is 10.7. The third-order valence-corrected chi connectivity index (χ3v) is 3.29. The Bertz CT molecular complexity index is 447. The molecule has 0 bridgehead atoms. The molecule has 0 radical (unpaired) electrons. The molecule has 0 saturated carbocycles. The molecule has 6 heteroatoms. The Balaban J connectivity index is 1.84. The van der Waals surface area contributed by atoms with Crippen molar-refractivity contribution < 1.29 is 19.4 Å². The standard InChI is InChI=1S/C14H20N2O4/c1-10(2)16-5-6-19-12(8-16)9-20-11-3-4-13(14(17)18)15-7-11/h3-4,7,10,12H,5-6,8-9H2,1-2H3,(H,17,18). The van der Waals surface area contributed by atoms with Gasteiger partial charge in [-0.05, 0) is 26.0 Å². The molecule has 1 aliphatic rings. The Hall–Kier alpha value is -1.66. The zero-order chi connectivity index (χ0) is 14.5. The molecular weight excluding hydrogens is 260 g/mol. The van der Waals surface area contributed by atoms with Crippen LogP contribution >= 0.6 is 0 Å². The first-order valence-corrected chi connectivity index (χ1v) is 6.74. The maximum absolute atomic E-state index is 10.7. The van der Waals surface area contributed by atoms with Crippen molar-refractivity contribution in [1.29, 1.82) is 0 Å². The second kappa shape index (κ2) is 6.67. The van der Waals surface area contributed by atoms with Crippen LogP contribution in [0.2, 0.25) is 0 Å². The molecule has 0 aromatic carbocycles. The summed E-state index contributed by atoms with van der Waals surface area (Å²) < 4.78 is 11.3. The lowest BCUT2D eigenvalue weighted by Crippen LogP contribution is -2.47. The van der Waals surface area contributed by atoms with Gasteiger partial charge in [-0.3, -0.25) is 4.90 Å². The number of pyridine rings is 1. The molecule has 1 aromatic heterocycles. The summed E-state index contributed by atoms with van der Waals surface area (Å²) in [6.07, 6.45) is 1.46. The van der Waals surface area contributed by atoms with Crippen molar-refractivity contribution in [3.05, 3.63) is 24.0 Å². The van der Waals surface area contributed by atoms with Crippen LogP contribution in [0.5, 0.6) is 5.75 Å². The highest BCUT2D eigenvalue weighted by Crippen LogP contribution is 2.13. The fourth-order valence-electron chi connectivity index (χ4n) is 2.09. The third kappa shape index (κ3) is 3.91. The van der Waals surface area contributed by atoms with E-state index in [-0.39, 0.29) is 11.8 Å². The van der Waals surface area contributed by atoms with Gasteiger partial charge in [-0.2, -0.15) is 0 Å². The fourth-order valence-corrected chi connectivity index (χ4v) is 2.09. The van der Waals surface area contributed by atoms with E-state index in [9.17, 15) is 4.79 Å². The van der Waals surface area contributed by atoms with Crippen LogP contribution in [0.4, 0.5) is 0 Å². The van der Waals surface area contributed by atoms with Crippen molar-refractivity contribution >= 4 is 5.97 Å². The van der Waals surface area contributed by atoms with Crippen molar-refractivity contribution in [2.45, 2.75) is 26.0 Å². The number of rotatable bonds is 5. The summed E-state index contributed by atoms with van der Waals surface area (Å²) in [7, 11) is 0. The number of hydrogen-bond acceptors (Lipinski definition) is 5. The quantitative estimate of drug-likeness (QED) is 0.875. The number of aromatic carboxylic acids is 1. The van der Waals surface area contributed by atoms with Crippen LogP contribution < -0.4 is 4.74 Å². The molecule has 1 N–H and O–H groups in total. The van der Waals surface area contributed by atoms with Gasteiger partial charge < -0.3 is 14.6 Å². The first-order valence-electron chi connectivity index (χ1n) is 6.74. The van der Waals surface area contributed by atoms with Crippen LogP contribution in [0.15, 0.2) is 18.3 Å². The molecule has 110 valence electrons. The fraction of sp³-hybridized carbons (Fsp3) is 0.571. The topological polar surface area (TPSA) is 71.9 Å². The van der Waals surface area contributed by atoms with E-state index in [2.05, 4.69) is 23.7 Å². The van der Waals surface area contributed by atoms with Crippen LogP contribution in [-0.4, -0.2) is 59.4 Å². The van der Waals surface area contributed by atoms with Gasteiger partial charge in [-0.15, -0.1) is 0 Å². The van der Waals surface area contributed by atoms with E-state index in [1.165, 1.54) is 12.3 Å². The van der Waals surface area contributed by atoms with Crippen molar-refractivity contribution in [2.24, 2.45) is 0 Å². The Kier molecular flexibility index (Phi) is 4.92. The van der Waals surface area contributed by atoms with E-state index in [1.807, 2.05) is 0 Å². The number of aromatic nitrogens is 1. The number of carboxylic acids is 1. The van der Waals surface area contributed by atoms with Gasteiger partial charge >= 0.3 is 5.97 Å². The van der Waals surface area contributed by atoms with Crippen LogP contribution in [0.3, 0.4) is 0 Å². The first kappa shape index (κ1) is 14.7. The number of morpholine rings is 1. The van der Waals surface area contributed by atoms with Crippen LogP contribution in [-0.2, 0) is 4.74 Å². The predicted octanol–water partition coefficient (Wildman–Crippen LogP) is 1.27. The third-order valence-electron chi connectivity index (χ3n) is 3.29. The molecule has 1 fully saturated rings. The van der Waals surface area contributed by atoms with Gasteiger partial charge in [-0.25, -0.2) is 9.78 Å². The monoisotopic (exact) mass is 280 g/mol. The van der Waals surface area contributed by atoms with E-state index in [0.29, 0.717) is 25.0 Å². The Labute approximate surface area is 118 Å². The van der Waals surface area contributed by atoms with Gasteiger partial charge in [0.2, 0.25) is 0 Å². The number of nitrogens with zero attached hydrogens (tertiary/aromatic N) is 2. The molecule has 1 aliphatic heterocycles. The summed E-state index contributed by atoms with van der Waals surface area (Å²) in [6, 6.07) is 3.54. The average Bonchev–Trinajstić information content (AvgIpc) is 2.46. The average molecular weight is 280 g/mol. The maximum Gasteiger partial charge on any atom is 0.354 e. The summed E-state index contributed by atoms with van der Waals surface area (Å²) in [5.74, 6) is -0.486. The molecule has 20 heavy (non-hydrogen) atoms. The summed E-state index contributed by atoms with van der Waals surface area (Å²) in [5.41, 5.74) is 0.0113. The lowest BCUT2D eigenvalue weighted by molar-refractivity contribution is -0.0564. The molecule has 0 spiro atoms. The van der Waals surface area contributed by atoms with Gasteiger partial charge in [0.1, 0.15) is 24.2 Å². The number of hydrogen-bond donors (Lipinski definition) is 1. The van der Waals surface area contributed by atoms with E-state index in [1.54, 1.807) is 6.07 Å². The van der Waals surface area contributed by atoms with Crippen molar-refractivity contribution in [3.63, 3.8) is 0 Å². The highest BCUT2D eigenvalue weighted by Gasteiger charge is 2.22. The first-order chi connectivity index (χ1) is 9.56. The Morgan fingerprint density at radius 2 is 2.40 bits per heavy atom. The summed E-state index contributed by atoms with van der Waals surface area (Å²) in [4.78, 5) is 16.8. The van der Waals surface area contributed by atoms with E-state index in [0.717, 1.165) is 13.1 Å². The van der Waals surface area contributed by atoms with E-state index < -0.39 is 5.97 Å². The predicted molar refractivity (Wildman–Crippen MR) is 73.1 cm³/mol. The van der Waals surface area contributed by atoms with Gasteiger partial charge in [0.15, 0.2) is 0 Å². The lowest BCUT2D eigenvalue weighted by atomic mass is 10.2. The van der Waals surface area contributed by atoms with Crippen LogP contribution in [0.1, 0.15) is 24.3 Å². The van der Waals surface area contributed by atoms with Gasteiger partial charge in [0.05, 0.1) is 12.8 Å². The van der Waals surface area contributed by atoms with Gasteiger partial charge in [0.25, 0.3) is 0 Å². The molecule has 1 unspecified atom stereocenters. The zero-order valence-electron chi connectivity index (χ0n) is 11.8. The number of ether oxygens (including phenoxy) is 2. The molecular formula is C14H20N2O4. The largest absolute Gasteiger partial charge is 0.489 e. The van der Waals surface area contributed by atoms with Crippen molar-refractivity contribution in [2.75, 3.05) is 26.3 Å². The van der Waals surface area contributed by atoms with E-state index >= 15 is 0 Å². The Morgan fingerprint density at radius 1 is 1.60 bits per heavy atom. The van der Waals surface area contributed by atoms with Crippen molar-refractivity contribution in [1.82, 2.24) is 9.88 Å². The van der Waals surface area contributed by atoms with Gasteiger partial charge in [-0.1, -0.05) is 0 Å². The smallest absolute Gasteiger partial charge is 0.354 e. The molecule has 0 amide bonds. The summed E-state index contributed by atoms with van der Waals surface area (Å²) in [5, 5.41) is 8.76. The normalized spacial score (nSPS) is 20.1. The number of carbonyl (C=O) groups is 1. The highest BCUT2D eigenvalue weighted by molar-refractivity contribution is 5.85. The highest BCUT2D eigenvalue weighted by atomic mass is 16.5. The molecule has 0 aliphatic carbocycles. The summed E-state index contributed by atoms with van der Waals surface area (Å²) in [6.45, 7) is 7.27. The summed E-state index contributed by atoms with van der Waals surface area (Å²) >= 11 is 0. The Morgan fingerprint density at radius 3 is 3.00 bits per heavy atom. The number of carboxylic acid groups (broad SMARTS) is 1. The minimum absolute atomic E-state index is 0.0113. The SMILES string of the molecule is CC(C)N1CCOC(COc2ccc(C(=O)O)nc2)C1. The molecule has 1 atom stereocenters. The molecule has 6 nitrogen and oxygen atoms in total. The lowest BCUT2D eigenvalue weighted by Gasteiger charge is -2.35. The minimum atomic E-state index is -1.04. The second-order valence-electron chi connectivity index (χ2n) is 5.08. The van der Waals surface area contributed by atoms with Crippen LogP contribution in [0, 0.1) is 0 Å². The second-order valence-corrected chi connectivity index (χ2v) is 5.08. The molecule has 2 rings (SSSR count). The van der Waals surface area contributed by atoms with Gasteiger partial charge in [0, 0.05) is 19.1 Å². The minimum Gasteiger partial charge on any atom is -0.489 e. The molecule has 2 heterocycles. The molecule has 1 aromatic rings. The van der Waals surface area contributed by atoms with E-state index in [4.69, 9.17) is 14.6 Å².